The van der Waals surface area contributed by atoms with E-state index in [4.69, 9.17) is 11.6 Å². The molecule has 0 spiro atoms. The van der Waals surface area contributed by atoms with Gasteiger partial charge < -0.3 is 20.4 Å². The molecule has 0 saturated carbocycles. The normalized spacial score (nSPS) is 13.3. The fourth-order valence-electron chi connectivity index (χ4n) is 5.00. The second kappa shape index (κ2) is 13.5. The molecule has 0 bridgehead atoms. The van der Waals surface area contributed by atoms with Crippen LogP contribution in [0.3, 0.4) is 0 Å². The summed E-state index contributed by atoms with van der Waals surface area (Å²) in [6, 6.07) is 25.3. The maximum Gasteiger partial charge on any atom is 0.255 e. The first-order chi connectivity index (χ1) is 20.8. The number of hydrogen-bond donors (Lipinski definition) is 2. The Morgan fingerprint density at radius 3 is 2.21 bits per heavy atom. The van der Waals surface area contributed by atoms with Gasteiger partial charge in [-0.3, -0.25) is 14.4 Å². The van der Waals surface area contributed by atoms with Gasteiger partial charge >= 0.3 is 0 Å². The van der Waals surface area contributed by atoms with Gasteiger partial charge in [-0.15, -0.1) is 0 Å². The van der Waals surface area contributed by atoms with E-state index in [1.807, 2.05) is 42.2 Å². The average molecular weight is 599 g/mol. The van der Waals surface area contributed by atoms with Crippen LogP contribution in [0.4, 0.5) is 15.8 Å². The third kappa shape index (κ3) is 7.59. The van der Waals surface area contributed by atoms with Crippen molar-refractivity contribution in [1.82, 2.24) is 10.2 Å². The summed E-state index contributed by atoms with van der Waals surface area (Å²) in [6.45, 7) is 4.47. The standard InChI is InChI=1S/C34H32ClFN4O3/c1-23-3-7-26(8-4-23)34(43)40-18-2-17-39(19-20-40)31-16-15-29(38-32(41)25-9-11-27(35)12-10-25)21-30(31)33(42)37-22-24-5-13-28(36)14-6-24/h3-16,21H,2,17-20,22H2,1H3,(H,37,42)(H,38,41). The number of nitrogens with zero attached hydrogens (tertiary/aromatic N) is 2. The Bertz CT molecular complexity index is 1610. The van der Waals surface area contributed by atoms with Gasteiger partial charge in [-0.05, 0) is 85.6 Å². The van der Waals surface area contributed by atoms with Crippen molar-refractivity contribution in [1.29, 1.82) is 0 Å². The maximum absolute atomic E-state index is 13.6. The predicted octanol–water partition coefficient (Wildman–Crippen LogP) is 6.32. The van der Waals surface area contributed by atoms with E-state index in [0.29, 0.717) is 59.3 Å². The van der Waals surface area contributed by atoms with E-state index in [9.17, 15) is 18.8 Å². The van der Waals surface area contributed by atoms with Gasteiger partial charge in [0.1, 0.15) is 5.82 Å². The molecule has 43 heavy (non-hydrogen) atoms. The van der Waals surface area contributed by atoms with Gasteiger partial charge in [-0.1, -0.05) is 41.4 Å². The number of halogens is 2. The number of carbonyl (C=O) groups excluding carboxylic acids is 3. The number of aryl methyl sites for hydroxylation is 1. The zero-order valence-electron chi connectivity index (χ0n) is 23.8. The molecule has 3 amide bonds. The monoisotopic (exact) mass is 598 g/mol. The van der Waals surface area contributed by atoms with Crippen molar-refractivity contribution in [3.63, 3.8) is 0 Å². The Morgan fingerprint density at radius 1 is 0.791 bits per heavy atom. The van der Waals surface area contributed by atoms with Crippen LogP contribution in [-0.4, -0.2) is 48.8 Å². The van der Waals surface area contributed by atoms with Crippen LogP contribution in [0.2, 0.25) is 5.02 Å². The average Bonchev–Trinajstić information content (AvgIpc) is 3.27. The van der Waals surface area contributed by atoms with Crippen LogP contribution in [-0.2, 0) is 6.54 Å². The van der Waals surface area contributed by atoms with Crippen LogP contribution in [0.1, 0.15) is 48.6 Å². The van der Waals surface area contributed by atoms with Gasteiger partial charge in [-0.25, -0.2) is 4.39 Å². The van der Waals surface area contributed by atoms with E-state index in [2.05, 4.69) is 15.5 Å². The number of anilines is 2. The minimum atomic E-state index is -0.349. The van der Waals surface area contributed by atoms with Crippen molar-refractivity contribution in [2.24, 2.45) is 0 Å². The van der Waals surface area contributed by atoms with E-state index in [0.717, 1.165) is 17.5 Å². The first kappa shape index (κ1) is 29.8. The third-order valence-electron chi connectivity index (χ3n) is 7.39. The van der Waals surface area contributed by atoms with Crippen LogP contribution >= 0.6 is 11.6 Å². The van der Waals surface area contributed by atoms with Gasteiger partial charge in [0.05, 0.1) is 5.56 Å². The highest BCUT2D eigenvalue weighted by Gasteiger charge is 2.24. The number of hydrogen-bond acceptors (Lipinski definition) is 4. The molecule has 0 atom stereocenters. The highest BCUT2D eigenvalue weighted by atomic mass is 35.5. The van der Waals surface area contributed by atoms with Crippen LogP contribution in [0.15, 0.2) is 91.0 Å². The first-order valence-electron chi connectivity index (χ1n) is 14.1. The lowest BCUT2D eigenvalue weighted by molar-refractivity contribution is 0.0766. The van der Waals surface area contributed by atoms with Crippen molar-refractivity contribution < 1.29 is 18.8 Å². The molecule has 2 N–H and O–H groups in total. The Labute approximate surface area is 255 Å². The number of benzene rings is 4. The minimum Gasteiger partial charge on any atom is -0.369 e. The van der Waals surface area contributed by atoms with Crippen LogP contribution in [0.25, 0.3) is 0 Å². The molecule has 4 aromatic rings. The van der Waals surface area contributed by atoms with Crippen molar-refractivity contribution >= 4 is 40.7 Å². The summed E-state index contributed by atoms with van der Waals surface area (Å²) in [7, 11) is 0. The summed E-state index contributed by atoms with van der Waals surface area (Å²) < 4.78 is 13.4. The molecule has 220 valence electrons. The first-order valence-corrected chi connectivity index (χ1v) is 14.5. The molecule has 1 saturated heterocycles. The van der Waals surface area contributed by atoms with E-state index in [-0.39, 0.29) is 30.1 Å². The Kier molecular flexibility index (Phi) is 9.37. The Morgan fingerprint density at radius 2 is 1.49 bits per heavy atom. The SMILES string of the molecule is Cc1ccc(C(=O)N2CCCN(c3ccc(NC(=O)c4ccc(Cl)cc4)cc3C(=O)NCc3ccc(F)cc3)CC2)cc1. The van der Waals surface area contributed by atoms with Gasteiger partial charge in [-0.2, -0.15) is 0 Å². The second-order valence-electron chi connectivity index (χ2n) is 10.5. The number of nitrogens with one attached hydrogen (secondary N) is 2. The molecule has 1 fully saturated rings. The third-order valence-corrected chi connectivity index (χ3v) is 7.65. The molecule has 1 aliphatic rings. The van der Waals surface area contributed by atoms with Crippen LogP contribution < -0.4 is 15.5 Å². The van der Waals surface area contributed by atoms with E-state index >= 15 is 0 Å². The minimum absolute atomic E-state index is 0.0145. The van der Waals surface area contributed by atoms with Crippen molar-refractivity contribution in [3.8, 4) is 0 Å². The van der Waals surface area contributed by atoms with Gasteiger partial charge in [0.25, 0.3) is 17.7 Å². The summed E-state index contributed by atoms with van der Waals surface area (Å²) in [6.07, 6.45) is 0.725. The molecule has 7 nitrogen and oxygen atoms in total. The molecule has 0 aliphatic carbocycles. The van der Waals surface area contributed by atoms with Crippen LogP contribution in [0, 0.1) is 12.7 Å². The molecule has 0 aromatic heterocycles. The molecule has 5 rings (SSSR count). The molecule has 1 heterocycles. The lowest BCUT2D eigenvalue weighted by Gasteiger charge is -2.26. The zero-order valence-corrected chi connectivity index (χ0v) is 24.5. The maximum atomic E-state index is 13.6. The molecular formula is C34H32ClFN4O3. The summed E-state index contributed by atoms with van der Waals surface area (Å²) in [5, 5.41) is 6.31. The zero-order chi connectivity index (χ0) is 30.3. The molecule has 0 unspecified atom stereocenters. The predicted molar refractivity (Wildman–Crippen MR) is 167 cm³/mol. The highest BCUT2D eigenvalue weighted by molar-refractivity contribution is 6.30. The lowest BCUT2D eigenvalue weighted by atomic mass is 10.1. The van der Waals surface area contributed by atoms with Crippen molar-refractivity contribution in [2.75, 3.05) is 36.4 Å². The van der Waals surface area contributed by atoms with Gasteiger partial charge in [0, 0.05) is 60.2 Å². The lowest BCUT2D eigenvalue weighted by Crippen LogP contribution is -2.36. The van der Waals surface area contributed by atoms with Gasteiger partial charge in [0.2, 0.25) is 0 Å². The molecular weight excluding hydrogens is 567 g/mol. The smallest absolute Gasteiger partial charge is 0.255 e. The Hall–Kier alpha value is -4.69. The fraction of sp³-hybridized carbons (Fsp3) is 0.206. The molecule has 4 aromatic carbocycles. The Balaban J connectivity index is 1.36. The van der Waals surface area contributed by atoms with E-state index in [1.165, 1.54) is 12.1 Å². The van der Waals surface area contributed by atoms with Crippen molar-refractivity contribution in [2.45, 2.75) is 19.9 Å². The highest BCUT2D eigenvalue weighted by Crippen LogP contribution is 2.27. The quantitative estimate of drug-likeness (QED) is 0.261. The summed E-state index contributed by atoms with van der Waals surface area (Å²) in [5.41, 5.74) is 4.48. The largest absolute Gasteiger partial charge is 0.369 e. The number of amides is 3. The van der Waals surface area contributed by atoms with Crippen molar-refractivity contribution in [3.05, 3.63) is 130 Å². The van der Waals surface area contributed by atoms with E-state index in [1.54, 1.807) is 48.5 Å². The van der Waals surface area contributed by atoms with Crippen LogP contribution in [0.5, 0.6) is 0 Å². The molecule has 0 radical (unpaired) electrons. The van der Waals surface area contributed by atoms with E-state index < -0.39 is 0 Å². The van der Waals surface area contributed by atoms with Gasteiger partial charge in [0.15, 0.2) is 0 Å². The summed E-state index contributed by atoms with van der Waals surface area (Å²) >= 11 is 5.96. The summed E-state index contributed by atoms with van der Waals surface area (Å²) in [4.78, 5) is 43.6. The second-order valence-corrected chi connectivity index (χ2v) is 10.9. The molecule has 1 aliphatic heterocycles. The number of rotatable bonds is 7. The number of carbonyl (C=O) groups is 3. The fourth-order valence-corrected chi connectivity index (χ4v) is 5.12. The topological polar surface area (TPSA) is 81.8 Å². The molecule has 9 heteroatoms. The summed E-state index contributed by atoms with van der Waals surface area (Å²) in [5.74, 6) is -1.03.